The van der Waals surface area contributed by atoms with Gasteiger partial charge in [-0.3, -0.25) is 4.79 Å². The summed E-state index contributed by atoms with van der Waals surface area (Å²) < 4.78 is 14.9. The van der Waals surface area contributed by atoms with Gasteiger partial charge in [-0.2, -0.15) is 0 Å². The van der Waals surface area contributed by atoms with Crippen LogP contribution in [-0.4, -0.2) is 42.2 Å². The molecule has 2 heterocycles. The number of hydrogen-bond acceptors (Lipinski definition) is 5. The highest BCUT2D eigenvalue weighted by Gasteiger charge is 2.54. The summed E-state index contributed by atoms with van der Waals surface area (Å²) >= 11 is 3.47. The van der Waals surface area contributed by atoms with Crippen LogP contribution in [0.3, 0.4) is 0 Å². The summed E-state index contributed by atoms with van der Waals surface area (Å²) in [4.78, 5) is 23.4. The van der Waals surface area contributed by atoms with Crippen molar-refractivity contribution in [3.05, 3.63) is 35.5 Å². The van der Waals surface area contributed by atoms with E-state index < -0.39 is 16.4 Å². The largest absolute Gasteiger partial charge is 0.466 e. The minimum absolute atomic E-state index is 0.302. The minimum atomic E-state index is -1.01. The standard InChI is InChI=1S/C17H21BrO5/c1-4-5-11(2)10-22-14-8-13-12(6-7-15(19)21-3)9-17(14,18)16(20)23-13/h5-7,9,13-14H,4,8,10H2,1-3H3/b7-6-,11-5+/t13-,14-,17+/m0/s1. The summed E-state index contributed by atoms with van der Waals surface area (Å²) in [5, 5.41) is 0. The quantitative estimate of drug-likeness (QED) is 0.305. The van der Waals surface area contributed by atoms with Gasteiger partial charge >= 0.3 is 11.9 Å². The van der Waals surface area contributed by atoms with Crippen molar-refractivity contribution in [3.8, 4) is 0 Å². The molecule has 0 aromatic heterocycles. The highest BCUT2D eigenvalue weighted by Crippen LogP contribution is 2.44. The lowest BCUT2D eigenvalue weighted by molar-refractivity contribution is -0.164. The highest BCUT2D eigenvalue weighted by molar-refractivity contribution is 9.10. The van der Waals surface area contributed by atoms with E-state index in [0.717, 1.165) is 17.6 Å². The van der Waals surface area contributed by atoms with Gasteiger partial charge in [0.1, 0.15) is 6.10 Å². The number of hydrogen-bond donors (Lipinski definition) is 0. The normalized spacial score (nSPS) is 30.3. The maximum Gasteiger partial charge on any atom is 0.330 e. The Kier molecular flexibility index (Phi) is 5.81. The number of allylic oxidation sites excluding steroid dienone is 1. The average molecular weight is 385 g/mol. The van der Waals surface area contributed by atoms with Crippen LogP contribution in [0.15, 0.2) is 35.5 Å². The van der Waals surface area contributed by atoms with Crippen LogP contribution in [0.25, 0.3) is 0 Å². The van der Waals surface area contributed by atoms with Gasteiger partial charge in [-0.25, -0.2) is 4.79 Å². The van der Waals surface area contributed by atoms with Gasteiger partial charge in [0.05, 0.1) is 19.8 Å². The molecule has 23 heavy (non-hydrogen) atoms. The fourth-order valence-corrected chi connectivity index (χ4v) is 3.35. The average Bonchev–Trinajstić information content (AvgIpc) is 2.52. The van der Waals surface area contributed by atoms with E-state index in [-0.39, 0.29) is 12.1 Å². The van der Waals surface area contributed by atoms with Crippen LogP contribution < -0.4 is 0 Å². The van der Waals surface area contributed by atoms with E-state index >= 15 is 0 Å². The Labute approximate surface area is 144 Å². The van der Waals surface area contributed by atoms with Crippen molar-refractivity contribution in [2.24, 2.45) is 0 Å². The summed E-state index contributed by atoms with van der Waals surface area (Å²) in [6.45, 7) is 4.55. The van der Waals surface area contributed by atoms with Crippen molar-refractivity contribution in [1.82, 2.24) is 0 Å². The zero-order chi connectivity index (χ0) is 17.0. The molecular formula is C17H21BrO5. The van der Waals surface area contributed by atoms with E-state index in [0.29, 0.717) is 13.0 Å². The van der Waals surface area contributed by atoms with Crippen LogP contribution in [0.2, 0.25) is 0 Å². The van der Waals surface area contributed by atoms with Crippen molar-refractivity contribution in [2.75, 3.05) is 13.7 Å². The molecule has 5 nitrogen and oxygen atoms in total. The van der Waals surface area contributed by atoms with E-state index in [9.17, 15) is 9.59 Å². The van der Waals surface area contributed by atoms with Crippen molar-refractivity contribution < 1.29 is 23.8 Å². The zero-order valence-electron chi connectivity index (χ0n) is 13.5. The number of fused-ring (bicyclic) bond motifs is 2. The molecule has 126 valence electrons. The molecule has 2 bridgehead atoms. The lowest BCUT2D eigenvalue weighted by Gasteiger charge is -2.44. The SMILES string of the molecule is CC/C=C(\C)CO[C@H]1C[C@@H]2OC(=O)[C@@]1(Br)C=C2/C=C\C(=O)OC. The second kappa shape index (κ2) is 7.45. The third-order valence-electron chi connectivity index (χ3n) is 3.89. The molecule has 3 aliphatic rings. The number of methoxy groups -OCH3 is 1. The molecule has 1 aliphatic carbocycles. The Morgan fingerprint density at radius 2 is 2.30 bits per heavy atom. The first-order valence-corrected chi connectivity index (χ1v) is 8.36. The number of alkyl halides is 1. The van der Waals surface area contributed by atoms with Gasteiger partial charge in [-0.1, -0.05) is 34.5 Å². The van der Waals surface area contributed by atoms with Gasteiger partial charge in [-0.15, -0.1) is 0 Å². The minimum Gasteiger partial charge on any atom is -0.466 e. The first-order valence-electron chi connectivity index (χ1n) is 7.56. The number of carbonyl (C=O) groups is 2. The third kappa shape index (κ3) is 3.93. The Bertz CT molecular complexity index is 578. The number of rotatable bonds is 6. The van der Waals surface area contributed by atoms with E-state index in [1.165, 1.54) is 13.2 Å². The molecule has 1 saturated heterocycles. The van der Waals surface area contributed by atoms with Gasteiger partial charge in [0.2, 0.25) is 0 Å². The molecule has 0 spiro atoms. The summed E-state index contributed by atoms with van der Waals surface area (Å²) in [6, 6.07) is 0. The highest BCUT2D eigenvalue weighted by atomic mass is 79.9. The first-order chi connectivity index (χ1) is 10.9. The molecular weight excluding hydrogens is 364 g/mol. The topological polar surface area (TPSA) is 61.8 Å². The van der Waals surface area contributed by atoms with E-state index in [1.807, 2.05) is 6.92 Å². The molecule has 1 fully saturated rings. The van der Waals surface area contributed by atoms with E-state index in [4.69, 9.17) is 9.47 Å². The second-order valence-electron chi connectivity index (χ2n) is 5.66. The number of esters is 2. The smallest absolute Gasteiger partial charge is 0.330 e. The first kappa shape index (κ1) is 17.9. The molecule has 0 unspecified atom stereocenters. The van der Waals surface area contributed by atoms with Gasteiger partial charge in [0.15, 0.2) is 4.32 Å². The molecule has 3 rings (SSSR count). The Balaban J connectivity index is 2.14. The molecule has 0 aromatic carbocycles. The molecule has 2 aliphatic heterocycles. The number of ether oxygens (including phenoxy) is 3. The molecule has 0 radical (unpaired) electrons. The maximum absolute atomic E-state index is 12.2. The van der Waals surface area contributed by atoms with E-state index in [1.54, 1.807) is 12.2 Å². The molecule has 0 amide bonds. The monoisotopic (exact) mass is 384 g/mol. The number of carbonyl (C=O) groups excluding carboxylic acids is 2. The lowest BCUT2D eigenvalue weighted by atomic mass is 9.82. The van der Waals surface area contributed by atoms with Crippen LogP contribution in [0.5, 0.6) is 0 Å². The molecule has 3 atom stereocenters. The van der Waals surface area contributed by atoms with Crippen molar-refractivity contribution >= 4 is 27.9 Å². The Hall–Kier alpha value is -1.40. The molecule has 0 N–H and O–H groups in total. The summed E-state index contributed by atoms with van der Waals surface area (Å²) in [7, 11) is 1.32. The van der Waals surface area contributed by atoms with Gasteiger partial charge in [-0.05, 0) is 31.1 Å². The van der Waals surface area contributed by atoms with Gasteiger partial charge in [0, 0.05) is 12.5 Å². The van der Waals surface area contributed by atoms with Crippen LogP contribution in [0.1, 0.15) is 26.7 Å². The summed E-state index contributed by atoms with van der Waals surface area (Å²) in [5.41, 5.74) is 1.90. The predicted molar refractivity (Wildman–Crippen MR) is 89.2 cm³/mol. The fraction of sp³-hybridized carbons (Fsp3) is 0.529. The second-order valence-corrected chi connectivity index (χ2v) is 6.97. The van der Waals surface area contributed by atoms with Crippen LogP contribution in [0, 0.1) is 0 Å². The third-order valence-corrected chi connectivity index (χ3v) is 4.95. The van der Waals surface area contributed by atoms with Crippen LogP contribution in [-0.2, 0) is 23.8 Å². The van der Waals surface area contributed by atoms with Crippen LogP contribution in [0.4, 0.5) is 0 Å². The molecule has 0 saturated carbocycles. The Morgan fingerprint density at radius 3 is 2.96 bits per heavy atom. The summed E-state index contributed by atoms with van der Waals surface area (Å²) in [6.07, 6.45) is 7.61. The van der Waals surface area contributed by atoms with Gasteiger partial charge in [0.25, 0.3) is 0 Å². The fourth-order valence-electron chi connectivity index (χ4n) is 2.67. The predicted octanol–water partition coefficient (Wildman–Crippen LogP) is 2.85. The zero-order valence-corrected chi connectivity index (χ0v) is 15.1. The molecule has 0 aromatic rings. The van der Waals surface area contributed by atoms with Crippen molar-refractivity contribution in [2.45, 2.75) is 43.2 Å². The maximum atomic E-state index is 12.2. The van der Waals surface area contributed by atoms with E-state index in [2.05, 4.69) is 33.7 Å². The summed E-state index contributed by atoms with van der Waals surface area (Å²) in [5.74, 6) is -0.804. The van der Waals surface area contributed by atoms with Crippen LogP contribution >= 0.6 is 15.9 Å². The van der Waals surface area contributed by atoms with Gasteiger partial charge < -0.3 is 14.2 Å². The lowest BCUT2D eigenvalue weighted by Crippen LogP contribution is -2.56. The molecule has 6 heteroatoms. The van der Waals surface area contributed by atoms with Crippen molar-refractivity contribution in [1.29, 1.82) is 0 Å². The number of halogens is 1. The Morgan fingerprint density at radius 1 is 1.57 bits per heavy atom. The van der Waals surface area contributed by atoms with Crippen molar-refractivity contribution in [3.63, 3.8) is 0 Å².